The van der Waals surface area contributed by atoms with Crippen LogP contribution in [0.25, 0.3) is 0 Å². The van der Waals surface area contributed by atoms with E-state index < -0.39 is 0 Å². The van der Waals surface area contributed by atoms with Gasteiger partial charge in [0.1, 0.15) is 0 Å². The molecule has 0 radical (unpaired) electrons. The van der Waals surface area contributed by atoms with E-state index in [1.165, 1.54) is 11.1 Å². The molecular weight excluding hydrogens is 300 g/mol. The van der Waals surface area contributed by atoms with Gasteiger partial charge in [-0.15, -0.1) is 5.10 Å². The van der Waals surface area contributed by atoms with Gasteiger partial charge >= 0.3 is 0 Å². The lowest BCUT2D eigenvalue weighted by Gasteiger charge is -2.30. The lowest BCUT2D eigenvalue weighted by molar-refractivity contribution is -0.133. The second kappa shape index (κ2) is 5.89. The number of anilines is 1. The molecule has 0 saturated carbocycles. The molecule has 1 aromatic carbocycles. The Kier molecular flexibility index (Phi) is 3.71. The van der Waals surface area contributed by atoms with Crippen LogP contribution in [0.1, 0.15) is 34.7 Å². The summed E-state index contributed by atoms with van der Waals surface area (Å²) in [5.74, 6) is 1.12. The van der Waals surface area contributed by atoms with E-state index in [9.17, 15) is 4.79 Å². The van der Waals surface area contributed by atoms with Gasteiger partial charge in [-0.2, -0.15) is 5.10 Å². The maximum absolute atomic E-state index is 13.1. The van der Waals surface area contributed by atoms with Crippen LogP contribution >= 0.6 is 0 Å². The highest BCUT2D eigenvalue weighted by molar-refractivity contribution is 5.85. The van der Waals surface area contributed by atoms with Crippen LogP contribution in [0.4, 0.5) is 5.82 Å². The predicted molar refractivity (Wildman–Crippen MR) is 93.0 cm³/mol. The molecule has 0 fully saturated rings. The zero-order valence-electron chi connectivity index (χ0n) is 14.2. The first kappa shape index (κ1) is 15.1. The number of carbonyl (C=O) groups excluding carboxylic acids is 1. The minimum absolute atomic E-state index is 0.0193. The number of amides is 1. The van der Waals surface area contributed by atoms with Crippen LogP contribution in [0.3, 0.4) is 0 Å². The van der Waals surface area contributed by atoms with Crippen molar-refractivity contribution in [1.82, 2.24) is 15.1 Å². The molecule has 1 atom stereocenters. The third-order valence-electron chi connectivity index (χ3n) is 5.13. The number of aryl methyl sites for hydroxylation is 1. The van der Waals surface area contributed by atoms with Gasteiger partial charge in [0.2, 0.25) is 5.91 Å². The van der Waals surface area contributed by atoms with Gasteiger partial charge in [0, 0.05) is 33.6 Å². The van der Waals surface area contributed by atoms with Gasteiger partial charge in [-0.25, -0.2) is 0 Å². The molecule has 1 aliphatic carbocycles. The van der Waals surface area contributed by atoms with Gasteiger partial charge in [0.25, 0.3) is 0 Å². The summed E-state index contributed by atoms with van der Waals surface area (Å²) < 4.78 is 0. The highest BCUT2D eigenvalue weighted by atomic mass is 16.2. The third kappa shape index (κ3) is 2.54. The first-order valence-corrected chi connectivity index (χ1v) is 8.53. The van der Waals surface area contributed by atoms with Crippen molar-refractivity contribution >= 4 is 11.7 Å². The molecule has 2 heterocycles. The summed E-state index contributed by atoms with van der Waals surface area (Å²) in [6.07, 6.45) is 2.72. The Morgan fingerprint density at radius 2 is 2.00 bits per heavy atom. The van der Waals surface area contributed by atoms with Crippen molar-refractivity contribution in [3.8, 4) is 0 Å². The third-order valence-corrected chi connectivity index (χ3v) is 5.13. The van der Waals surface area contributed by atoms with Gasteiger partial charge in [-0.1, -0.05) is 24.3 Å². The molecule has 5 heteroatoms. The second-order valence-corrected chi connectivity index (χ2v) is 6.87. The molecule has 2 aromatic rings. The Balaban J connectivity index is 1.56. The highest BCUT2D eigenvalue weighted by Crippen LogP contribution is 2.35. The summed E-state index contributed by atoms with van der Waals surface area (Å²) >= 11 is 0. The number of aromatic nitrogens is 2. The lowest BCUT2D eigenvalue weighted by atomic mass is 9.98. The molecule has 0 spiro atoms. The zero-order chi connectivity index (χ0) is 16.7. The SMILES string of the molecule is CN(C)c1cc2c(nn1)CCN(C(=O)C1CCc3ccccc31)C2. The first-order chi connectivity index (χ1) is 11.6. The Morgan fingerprint density at radius 3 is 2.83 bits per heavy atom. The molecule has 1 unspecified atom stereocenters. The molecule has 24 heavy (non-hydrogen) atoms. The minimum Gasteiger partial charge on any atom is -0.361 e. The van der Waals surface area contributed by atoms with Crippen molar-refractivity contribution in [2.45, 2.75) is 31.7 Å². The zero-order valence-corrected chi connectivity index (χ0v) is 14.2. The quantitative estimate of drug-likeness (QED) is 0.850. The normalized spacial score (nSPS) is 18.9. The monoisotopic (exact) mass is 322 g/mol. The number of nitrogens with zero attached hydrogens (tertiary/aromatic N) is 4. The van der Waals surface area contributed by atoms with Crippen LogP contribution in [-0.4, -0.2) is 41.6 Å². The molecule has 2 aliphatic rings. The Bertz CT molecular complexity index is 787. The Labute approximate surface area is 142 Å². The summed E-state index contributed by atoms with van der Waals surface area (Å²) in [5, 5.41) is 8.58. The van der Waals surface area contributed by atoms with Gasteiger partial charge < -0.3 is 9.80 Å². The van der Waals surface area contributed by atoms with Crippen LogP contribution in [0.2, 0.25) is 0 Å². The smallest absolute Gasteiger partial charge is 0.230 e. The summed E-state index contributed by atoms with van der Waals surface area (Å²) in [4.78, 5) is 17.0. The summed E-state index contributed by atoms with van der Waals surface area (Å²) in [7, 11) is 3.91. The summed E-state index contributed by atoms with van der Waals surface area (Å²) in [6, 6.07) is 10.4. The van der Waals surface area contributed by atoms with Crippen LogP contribution in [0.15, 0.2) is 30.3 Å². The van der Waals surface area contributed by atoms with Crippen molar-refractivity contribution < 1.29 is 4.79 Å². The number of carbonyl (C=O) groups is 1. The molecule has 124 valence electrons. The van der Waals surface area contributed by atoms with Gasteiger partial charge in [-0.3, -0.25) is 4.79 Å². The number of hydrogen-bond acceptors (Lipinski definition) is 4. The fourth-order valence-electron chi connectivity index (χ4n) is 3.76. The van der Waals surface area contributed by atoms with E-state index in [-0.39, 0.29) is 11.8 Å². The van der Waals surface area contributed by atoms with Crippen LogP contribution in [0, 0.1) is 0 Å². The van der Waals surface area contributed by atoms with Crippen molar-refractivity contribution in [1.29, 1.82) is 0 Å². The maximum atomic E-state index is 13.1. The standard InChI is InChI=1S/C19H22N4O/c1-22(2)18-11-14-12-23(10-9-17(14)20-21-18)19(24)16-8-7-13-5-3-4-6-15(13)16/h3-6,11,16H,7-10,12H2,1-2H3. The van der Waals surface area contributed by atoms with Gasteiger partial charge in [0.15, 0.2) is 5.82 Å². The van der Waals surface area contributed by atoms with E-state index in [0.29, 0.717) is 6.54 Å². The molecule has 0 saturated heterocycles. The van der Waals surface area contributed by atoms with Gasteiger partial charge in [-0.05, 0) is 35.6 Å². The largest absolute Gasteiger partial charge is 0.361 e. The fourth-order valence-corrected chi connectivity index (χ4v) is 3.76. The molecule has 0 N–H and O–H groups in total. The average Bonchev–Trinajstić information content (AvgIpc) is 3.04. The molecule has 4 rings (SSSR count). The average molecular weight is 322 g/mol. The van der Waals surface area contributed by atoms with Crippen molar-refractivity contribution in [2.75, 3.05) is 25.5 Å². The summed E-state index contributed by atoms with van der Waals surface area (Å²) in [5.41, 5.74) is 4.69. The molecule has 0 bridgehead atoms. The van der Waals surface area contributed by atoms with Crippen LogP contribution in [-0.2, 0) is 24.2 Å². The predicted octanol–water partition coefficient (Wildman–Crippen LogP) is 2.16. The van der Waals surface area contributed by atoms with Gasteiger partial charge in [0.05, 0.1) is 11.6 Å². The summed E-state index contributed by atoms with van der Waals surface area (Å²) in [6.45, 7) is 1.38. The molecule has 1 aliphatic heterocycles. The van der Waals surface area contributed by atoms with Crippen molar-refractivity contribution in [3.63, 3.8) is 0 Å². The van der Waals surface area contributed by atoms with E-state index in [1.54, 1.807) is 0 Å². The van der Waals surface area contributed by atoms with Crippen molar-refractivity contribution in [3.05, 3.63) is 52.7 Å². The van der Waals surface area contributed by atoms with E-state index in [1.807, 2.05) is 30.0 Å². The molecule has 1 amide bonds. The van der Waals surface area contributed by atoms with E-state index in [0.717, 1.165) is 42.9 Å². The minimum atomic E-state index is 0.0193. The molecule has 5 nitrogen and oxygen atoms in total. The maximum Gasteiger partial charge on any atom is 0.230 e. The van der Waals surface area contributed by atoms with Crippen molar-refractivity contribution in [2.24, 2.45) is 0 Å². The van der Waals surface area contributed by atoms with E-state index >= 15 is 0 Å². The van der Waals surface area contributed by atoms with E-state index in [4.69, 9.17) is 0 Å². The topological polar surface area (TPSA) is 49.3 Å². The number of benzene rings is 1. The van der Waals surface area contributed by atoms with E-state index in [2.05, 4.69) is 34.5 Å². The Hall–Kier alpha value is -2.43. The molecular formula is C19H22N4O. The second-order valence-electron chi connectivity index (χ2n) is 6.87. The highest BCUT2D eigenvalue weighted by Gasteiger charge is 2.33. The first-order valence-electron chi connectivity index (χ1n) is 8.53. The fraction of sp³-hybridized carbons (Fsp3) is 0.421. The number of fused-ring (bicyclic) bond motifs is 2. The molecule has 1 aromatic heterocycles. The number of hydrogen-bond donors (Lipinski definition) is 0. The lowest BCUT2D eigenvalue weighted by Crippen LogP contribution is -2.39. The Morgan fingerprint density at radius 1 is 1.17 bits per heavy atom. The van der Waals surface area contributed by atoms with Crippen LogP contribution < -0.4 is 4.90 Å². The number of rotatable bonds is 2. The van der Waals surface area contributed by atoms with Crippen LogP contribution in [0.5, 0.6) is 0 Å².